The normalized spacial score (nSPS) is 15.2. The van der Waals surface area contributed by atoms with E-state index in [1.807, 2.05) is 31.2 Å². The van der Waals surface area contributed by atoms with Crippen molar-refractivity contribution < 1.29 is 19.1 Å². The van der Waals surface area contributed by atoms with Crippen LogP contribution < -0.4 is 15.8 Å². The molecule has 4 aromatic rings. The summed E-state index contributed by atoms with van der Waals surface area (Å²) in [7, 11) is 0. The molecule has 1 unspecified atom stereocenters. The molecule has 2 aromatic heterocycles. The van der Waals surface area contributed by atoms with Crippen LogP contribution in [0.4, 0.5) is 10.7 Å². The minimum atomic E-state index is -0.695. The molecule has 1 saturated heterocycles. The summed E-state index contributed by atoms with van der Waals surface area (Å²) >= 11 is 7.23. The van der Waals surface area contributed by atoms with Crippen LogP contribution in [0.15, 0.2) is 58.7 Å². The molecule has 38 heavy (non-hydrogen) atoms. The van der Waals surface area contributed by atoms with Gasteiger partial charge < -0.3 is 15.0 Å². The number of nitrogens with one attached hydrogen (secondary N) is 1. The van der Waals surface area contributed by atoms with Gasteiger partial charge in [0.05, 0.1) is 23.6 Å². The third kappa shape index (κ3) is 4.80. The van der Waals surface area contributed by atoms with E-state index in [4.69, 9.17) is 16.3 Å². The SMILES string of the molecule is CCOC(=O)c1nn(-c2cccc(Cl)c2)c(=O)c2c(NC(=O)C3CC(=O)N(c4cccc(C)c4)C3)scc12. The lowest BCUT2D eigenvalue weighted by Crippen LogP contribution is -2.29. The molecule has 3 heterocycles. The second-order valence-electron chi connectivity index (χ2n) is 8.85. The molecule has 0 bridgehead atoms. The first-order valence-corrected chi connectivity index (χ1v) is 13.2. The number of thiophene rings is 1. The molecule has 1 atom stereocenters. The zero-order valence-corrected chi connectivity index (χ0v) is 22.1. The molecule has 0 radical (unpaired) electrons. The summed E-state index contributed by atoms with van der Waals surface area (Å²) in [5, 5.41) is 9.74. The fraction of sp³-hybridized carbons (Fsp3) is 0.222. The number of aryl methyl sites for hydroxylation is 1. The van der Waals surface area contributed by atoms with Crippen molar-refractivity contribution in [2.75, 3.05) is 23.4 Å². The van der Waals surface area contributed by atoms with Crippen molar-refractivity contribution in [2.45, 2.75) is 20.3 Å². The van der Waals surface area contributed by atoms with E-state index in [1.54, 1.807) is 41.5 Å². The van der Waals surface area contributed by atoms with E-state index >= 15 is 0 Å². The summed E-state index contributed by atoms with van der Waals surface area (Å²) in [6.45, 7) is 3.95. The summed E-state index contributed by atoms with van der Waals surface area (Å²) in [5.41, 5.74) is 1.51. The van der Waals surface area contributed by atoms with Crippen molar-refractivity contribution >= 4 is 62.2 Å². The van der Waals surface area contributed by atoms with Crippen LogP contribution in [0.1, 0.15) is 29.4 Å². The first kappa shape index (κ1) is 25.6. The van der Waals surface area contributed by atoms with Gasteiger partial charge in [-0.3, -0.25) is 14.4 Å². The number of rotatable bonds is 6. The number of amides is 2. The number of carbonyl (C=O) groups excluding carboxylic acids is 3. The van der Waals surface area contributed by atoms with Gasteiger partial charge in [0.25, 0.3) is 5.56 Å². The first-order valence-electron chi connectivity index (χ1n) is 11.9. The Morgan fingerprint density at radius 2 is 1.92 bits per heavy atom. The molecule has 1 aliphatic rings. The Balaban J connectivity index is 1.51. The monoisotopic (exact) mass is 550 g/mol. The number of hydrogen-bond acceptors (Lipinski definition) is 7. The van der Waals surface area contributed by atoms with Crippen molar-refractivity contribution in [3.63, 3.8) is 0 Å². The zero-order valence-electron chi connectivity index (χ0n) is 20.6. The van der Waals surface area contributed by atoms with E-state index in [2.05, 4.69) is 10.4 Å². The standard InChI is InChI=1S/C27H23ClN4O5S/c1-3-37-27(36)23-20-14-38-25(22(20)26(35)32(30-23)19-9-5-7-17(28)12-19)29-24(34)16-11-21(33)31(13-16)18-8-4-6-15(2)10-18/h4-10,12,14,16H,3,11,13H2,1-2H3,(H,29,34). The van der Waals surface area contributed by atoms with Crippen LogP contribution in [0.3, 0.4) is 0 Å². The summed E-state index contributed by atoms with van der Waals surface area (Å²) in [4.78, 5) is 53.9. The van der Waals surface area contributed by atoms with Gasteiger partial charge in [0.2, 0.25) is 11.8 Å². The van der Waals surface area contributed by atoms with Crippen molar-refractivity contribution in [3.05, 3.63) is 80.5 Å². The third-order valence-corrected chi connectivity index (χ3v) is 7.35. The van der Waals surface area contributed by atoms with Crippen LogP contribution >= 0.6 is 22.9 Å². The number of esters is 1. The Hall–Kier alpha value is -4.02. The second-order valence-corrected chi connectivity index (χ2v) is 10.2. The number of halogens is 1. The highest BCUT2D eigenvalue weighted by Gasteiger charge is 2.36. The largest absolute Gasteiger partial charge is 0.461 e. The van der Waals surface area contributed by atoms with Crippen LogP contribution in [-0.2, 0) is 14.3 Å². The predicted octanol–water partition coefficient (Wildman–Crippen LogP) is 4.58. The number of aromatic nitrogens is 2. The number of anilines is 2. The van der Waals surface area contributed by atoms with Gasteiger partial charge >= 0.3 is 5.97 Å². The Morgan fingerprint density at radius 1 is 1.16 bits per heavy atom. The first-order chi connectivity index (χ1) is 18.3. The van der Waals surface area contributed by atoms with E-state index in [0.717, 1.165) is 27.3 Å². The summed E-state index contributed by atoms with van der Waals surface area (Å²) < 4.78 is 6.24. The van der Waals surface area contributed by atoms with Gasteiger partial charge in [0.1, 0.15) is 5.00 Å². The Kier molecular flexibility index (Phi) is 7.00. The molecule has 2 aromatic carbocycles. The number of benzene rings is 2. The zero-order chi connectivity index (χ0) is 27.0. The van der Waals surface area contributed by atoms with Gasteiger partial charge in [-0.2, -0.15) is 9.78 Å². The van der Waals surface area contributed by atoms with Crippen molar-refractivity contribution in [3.8, 4) is 5.69 Å². The van der Waals surface area contributed by atoms with Crippen LogP contribution in [0.2, 0.25) is 5.02 Å². The summed E-state index contributed by atoms with van der Waals surface area (Å²) in [6, 6.07) is 14.0. The smallest absolute Gasteiger partial charge is 0.359 e. The molecule has 9 nitrogen and oxygen atoms in total. The molecule has 5 rings (SSSR count). The van der Waals surface area contributed by atoms with Crippen molar-refractivity contribution in [2.24, 2.45) is 5.92 Å². The average molecular weight is 551 g/mol. The predicted molar refractivity (Wildman–Crippen MR) is 146 cm³/mol. The van der Waals surface area contributed by atoms with Gasteiger partial charge in [-0.05, 0) is 49.7 Å². The highest BCUT2D eigenvalue weighted by atomic mass is 35.5. The van der Waals surface area contributed by atoms with Crippen molar-refractivity contribution in [1.82, 2.24) is 9.78 Å². The number of carbonyl (C=O) groups is 3. The van der Waals surface area contributed by atoms with Crippen LogP contribution in [0.5, 0.6) is 0 Å². The number of fused-ring (bicyclic) bond motifs is 1. The number of ether oxygens (including phenoxy) is 1. The molecular formula is C27H23ClN4O5S. The molecular weight excluding hydrogens is 528 g/mol. The maximum atomic E-state index is 13.6. The van der Waals surface area contributed by atoms with Gasteiger partial charge in [0.15, 0.2) is 5.69 Å². The van der Waals surface area contributed by atoms with Gasteiger partial charge in [-0.15, -0.1) is 11.3 Å². The second kappa shape index (κ2) is 10.4. The Labute approximate surface area is 226 Å². The van der Waals surface area contributed by atoms with Gasteiger partial charge in [-0.25, -0.2) is 4.79 Å². The quantitative estimate of drug-likeness (QED) is 0.352. The van der Waals surface area contributed by atoms with E-state index in [9.17, 15) is 19.2 Å². The molecule has 194 valence electrons. The average Bonchev–Trinajstić information content (AvgIpc) is 3.48. The number of nitrogens with zero attached hydrogens (tertiary/aromatic N) is 3. The minimum absolute atomic E-state index is 0.0471. The number of hydrogen-bond donors (Lipinski definition) is 1. The van der Waals surface area contributed by atoms with Gasteiger partial charge in [-0.1, -0.05) is 29.8 Å². The molecule has 0 saturated carbocycles. The molecule has 1 fully saturated rings. The van der Waals surface area contributed by atoms with E-state index < -0.39 is 17.4 Å². The van der Waals surface area contributed by atoms with Gasteiger partial charge in [0, 0.05) is 34.4 Å². The highest BCUT2D eigenvalue weighted by molar-refractivity contribution is 7.16. The third-order valence-electron chi connectivity index (χ3n) is 6.22. The molecule has 11 heteroatoms. The lowest BCUT2D eigenvalue weighted by molar-refractivity contribution is -0.122. The maximum absolute atomic E-state index is 13.6. The summed E-state index contributed by atoms with van der Waals surface area (Å²) in [5.74, 6) is -1.84. The lowest BCUT2D eigenvalue weighted by Gasteiger charge is -2.17. The fourth-order valence-corrected chi connectivity index (χ4v) is 5.54. The van der Waals surface area contributed by atoms with Crippen molar-refractivity contribution in [1.29, 1.82) is 0 Å². The fourth-order valence-electron chi connectivity index (χ4n) is 4.42. The Morgan fingerprint density at radius 3 is 2.66 bits per heavy atom. The summed E-state index contributed by atoms with van der Waals surface area (Å²) in [6.07, 6.45) is 0.0471. The molecule has 0 aliphatic carbocycles. The topological polar surface area (TPSA) is 111 Å². The molecule has 1 aliphatic heterocycles. The minimum Gasteiger partial charge on any atom is -0.461 e. The molecule has 1 N–H and O–H groups in total. The van der Waals surface area contributed by atoms with E-state index in [1.165, 1.54) is 0 Å². The molecule has 2 amide bonds. The molecule has 0 spiro atoms. The van der Waals surface area contributed by atoms with Crippen LogP contribution in [0, 0.1) is 12.8 Å². The highest BCUT2D eigenvalue weighted by Crippen LogP contribution is 2.33. The van der Waals surface area contributed by atoms with Crippen LogP contribution in [-0.4, -0.2) is 40.7 Å². The Bertz CT molecular complexity index is 1650. The van der Waals surface area contributed by atoms with Crippen LogP contribution in [0.25, 0.3) is 16.5 Å². The lowest BCUT2D eigenvalue weighted by atomic mass is 10.1. The van der Waals surface area contributed by atoms with E-state index in [0.29, 0.717) is 10.7 Å². The van der Waals surface area contributed by atoms with E-state index in [-0.39, 0.29) is 52.9 Å². The maximum Gasteiger partial charge on any atom is 0.359 e.